The van der Waals surface area contributed by atoms with Gasteiger partial charge in [-0.3, -0.25) is 9.59 Å². The maximum atomic E-state index is 12.3. The van der Waals surface area contributed by atoms with E-state index in [4.69, 9.17) is 4.42 Å². The number of furan rings is 1. The van der Waals surface area contributed by atoms with Gasteiger partial charge in [0.15, 0.2) is 0 Å². The van der Waals surface area contributed by atoms with E-state index in [2.05, 4.69) is 5.32 Å². The van der Waals surface area contributed by atoms with Crippen molar-refractivity contribution in [3.63, 3.8) is 0 Å². The summed E-state index contributed by atoms with van der Waals surface area (Å²) in [5.74, 6) is 0.732. The van der Waals surface area contributed by atoms with Crippen LogP contribution in [0.15, 0.2) is 22.8 Å². The minimum absolute atomic E-state index is 0.00496. The van der Waals surface area contributed by atoms with Crippen LogP contribution in [0.25, 0.3) is 0 Å². The molecule has 0 radical (unpaired) electrons. The molecule has 1 aliphatic carbocycles. The molecule has 2 fully saturated rings. The Morgan fingerprint density at radius 3 is 3.04 bits per heavy atom. The number of aliphatic hydroxyl groups excluding tert-OH is 1. The third-order valence-electron chi connectivity index (χ3n) is 4.83. The number of likely N-dealkylation sites (tertiary alicyclic amines) is 1. The molecule has 0 aromatic carbocycles. The number of nitrogens with zero attached hydrogens (tertiary/aromatic N) is 1. The monoisotopic (exact) mass is 320 g/mol. The fraction of sp³-hybridized carbons (Fsp3) is 0.647. The molecule has 3 unspecified atom stereocenters. The van der Waals surface area contributed by atoms with Crippen LogP contribution < -0.4 is 5.32 Å². The number of hydrogen-bond acceptors (Lipinski definition) is 4. The van der Waals surface area contributed by atoms with Gasteiger partial charge in [-0.15, -0.1) is 0 Å². The zero-order chi connectivity index (χ0) is 16.2. The highest BCUT2D eigenvalue weighted by Crippen LogP contribution is 2.24. The Morgan fingerprint density at radius 1 is 1.43 bits per heavy atom. The lowest BCUT2D eigenvalue weighted by Gasteiger charge is -2.26. The number of amides is 2. The third kappa shape index (κ3) is 4.13. The highest BCUT2D eigenvalue weighted by molar-refractivity contribution is 5.89. The van der Waals surface area contributed by atoms with Crippen molar-refractivity contribution in [2.24, 2.45) is 11.8 Å². The van der Waals surface area contributed by atoms with Gasteiger partial charge in [-0.05, 0) is 37.3 Å². The van der Waals surface area contributed by atoms with Crippen LogP contribution >= 0.6 is 0 Å². The van der Waals surface area contributed by atoms with Crippen LogP contribution in [0.2, 0.25) is 0 Å². The summed E-state index contributed by atoms with van der Waals surface area (Å²) in [4.78, 5) is 26.0. The second-order valence-electron chi connectivity index (χ2n) is 6.69. The van der Waals surface area contributed by atoms with E-state index in [9.17, 15) is 14.7 Å². The molecule has 126 valence electrons. The number of carbonyl (C=O) groups excluding carboxylic acids is 2. The largest absolute Gasteiger partial charge is 0.467 e. The maximum absolute atomic E-state index is 12.3. The van der Waals surface area contributed by atoms with Crippen LogP contribution in [0.5, 0.6) is 0 Å². The number of hydrogen-bond donors (Lipinski definition) is 2. The van der Waals surface area contributed by atoms with E-state index in [-0.39, 0.29) is 30.3 Å². The highest BCUT2D eigenvalue weighted by Gasteiger charge is 2.34. The number of carbonyl (C=O) groups is 2. The fourth-order valence-electron chi connectivity index (χ4n) is 3.53. The summed E-state index contributed by atoms with van der Waals surface area (Å²) in [6.07, 6.45) is 5.30. The lowest BCUT2D eigenvalue weighted by atomic mass is 9.87. The van der Waals surface area contributed by atoms with Crippen LogP contribution in [-0.4, -0.2) is 41.0 Å². The molecule has 1 aliphatic heterocycles. The topological polar surface area (TPSA) is 82.8 Å². The standard InChI is InChI=1S/C17H24N2O4/c20-14-4-1-3-12(7-14)9-18-17(22)13-8-16(21)19(10-13)11-15-5-2-6-23-15/h2,5-6,12-14,20H,1,3-4,7-11H2,(H,18,22). The third-order valence-corrected chi connectivity index (χ3v) is 4.83. The van der Waals surface area contributed by atoms with Gasteiger partial charge in [0.25, 0.3) is 0 Å². The molecule has 2 amide bonds. The van der Waals surface area contributed by atoms with Gasteiger partial charge >= 0.3 is 0 Å². The SMILES string of the molecule is O=C(NCC1CCCC(O)C1)C1CC(=O)N(Cc2ccco2)C1. The minimum Gasteiger partial charge on any atom is -0.467 e. The van der Waals surface area contributed by atoms with E-state index < -0.39 is 0 Å². The maximum Gasteiger partial charge on any atom is 0.225 e. The summed E-state index contributed by atoms with van der Waals surface area (Å²) in [5.41, 5.74) is 0. The lowest BCUT2D eigenvalue weighted by molar-refractivity contribution is -0.129. The van der Waals surface area contributed by atoms with Crippen LogP contribution in [0, 0.1) is 11.8 Å². The number of aliphatic hydroxyl groups is 1. The van der Waals surface area contributed by atoms with Gasteiger partial charge < -0.3 is 19.7 Å². The predicted octanol–water partition coefficient (Wildman–Crippen LogP) is 1.30. The molecule has 2 aliphatic rings. The first-order valence-corrected chi connectivity index (χ1v) is 8.37. The normalized spacial score (nSPS) is 28.1. The summed E-state index contributed by atoms with van der Waals surface area (Å²) in [6.45, 7) is 1.46. The molecular formula is C17H24N2O4. The Labute approximate surface area is 135 Å². The smallest absolute Gasteiger partial charge is 0.225 e. The van der Waals surface area contributed by atoms with Crippen molar-refractivity contribution < 1.29 is 19.1 Å². The molecule has 0 bridgehead atoms. The Balaban J connectivity index is 1.45. The predicted molar refractivity (Wildman–Crippen MR) is 83.2 cm³/mol. The molecule has 6 nitrogen and oxygen atoms in total. The molecule has 1 saturated carbocycles. The van der Waals surface area contributed by atoms with Gasteiger partial charge in [-0.25, -0.2) is 0 Å². The quantitative estimate of drug-likeness (QED) is 0.856. The molecule has 2 N–H and O–H groups in total. The molecule has 6 heteroatoms. The molecule has 23 heavy (non-hydrogen) atoms. The first-order valence-electron chi connectivity index (χ1n) is 8.37. The Hall–Kier alpha value is -1.82. The van der Waals surface area contributed by atoms with Crippen LogP contribution in [-0.2, 0) is 16.1 Å². The van der Waals surface area contributed by atoms with Gasteiger partial charge in [0, 0.05) is 19.5 Å². The van der Waals surface area contributed by atoms with E-state index >= 15 is 0 Å². The van der Waals surface area contributed by atoms with Crippen molar-refractivity contribution >= 4 is 11.8 Å². The Bertz CT molecular complexity index is 543. The van der Waals surface area contributed by atoms with Crippen molar-refractivity contribution in [1.82, 2.24) is 10.2 Å². The van der Waals surface area contributed by atoms with E-state index in [0.29, 0.717) is 25.6 Å². The molecule has 3 atom stereocenters. The Kier molecular flexibility index (Phi) is 5.00. The lowest BCUT2D eigenvalue weighted by Crippen LogP contribution is -2.37. The van der Waals surface area contributed by atoms with E-state index in [1.54, 1.807) is 17.2 Å². The van der Waals surface area contributed by atoms with E-state index in [1.165, 1.54) is 0 Å². The molecule has 3 rings (SSSR count). The zero-order valence-corrected chi connectivity index (χ0v) is 13.2. The van der Waals surface area contributed by atoms with Crippen LogP contribution in [0.1, 0.15) is 37.9 Å². The summed E-state index contributed by atoms with van der Waals surface area (Å²) in [7, 11) is 0. The van der Waals surface area contributed by atoms with E-state index in [0.717, 1.165) is 31.4 Å². The molecular weight excluding hydrogens is 296 g/mol. The first kappa shape index (κ1) is 16.1. The second-order valence-corrected chi connectivity index (χ2v) is 6.69. The number of rotatable bonds is 5. The first-order chi connectivity index (χ1) is 11.1. The molecule has 2 heterocycles. The van der Waals surface area contributed by atoms with Crippen LogP contribution in [0.4, 0.5) is 0 Å². The van der Waals surface area contributed by atoms with Crippen LogP contribution in [0.3, 0.4) is 0 Å². The summed E-state index contributed by atoms with van der Waals surface area (Å²) in [5, 5.41) is 12.6. The highest BCUT2D eigenvalue weighted by atomic mass is 16.3. The summed E-state index contributed by atoms with van der Waals surface area (Å²) < 4.78 is 5.26. The fourth-order valence-corrected chi connectivity index (χ4v) is 3.53. The number of nitrogens with one attached hydrogen (secondary N) is 1. The van der Waals surface area contributed by atoms with Crippen molar-refractivity contribution in [3.8, 4) is 0 Å². The zero-order valence-electron chi connectivity index (χ0n) is 13.2. The van der Waals surface area contributed by atoms with Crippen molar-refractivity contribution in [3.05, 3.63) is 24.2 Å². The summed E-state index contributed by atoms with van der Waals surface area (Å²) >= 11 is 0. The van der Waals surface area contributed by atoms with Gasteiger partial charge in [-0.1, -0.05) is 6.42 Å². The molecule has 1 saturated heterocycles. The van der Waals surface area contributed by atoms with Gasteiger partial charge in [0.1, 0.15) is 5.76 Å². The van der Waals surface area contributed by atoms with Gasteiger partial charge in [-0.2, -0.15) is 0 Å². The van der Waals surface area contributed by atoms with Gasteiger partial charge in [0.2, 0.25) is 11.8 Å². The average molecular weight is 320 g/mol. The summed E-state index contributed by atoms with van der Waals surface area (Å²) in [6, 6.07) is 3.62. The van der Waals surface area contributed by atoms with Gasteiger partial charge in [0.05, 0.1) is 24.8 Å². The average Bonchev–Trinajstić information content (AvgIpc) is 3.16. The van der Waals surface area contributed by atoms with Crippen molar-refractivity contribution in [2.45, 2.75) is 44.8 Å². The van der Waals surface area contributed by atoms with E-state index in [1.807, 2.05) is 6.07 Å². The molecule has 0 spiro atoms. The molecule has 1 aromatic heterocycles. The second kappa shape index (κ2) is 7.17. The Morgan fingerprint density at radius 2 is 2.30 bits per heavy atom. The minimum atomic E-state index is -0.286. The van der Waals surface area contributed by atoms with Crippen molar-refractivity contribution in [2.75, 3.05) is 13.1 Å². The molecule has 1 aromatic rings. The van der Waals surface area contributed by atoms with Crippen molar-refractivity contribution in [1.29, 1.82) is 0 Å².